The van der Waals surface area contributed by atoms with E-state index in [1.165, 1.54) is 0 Å². The molecule has 0 unspecified atom stereocenters. The van der Waals surface area contributed by atoms with E-state index in [2.05, 4.69) is 19.9 Å². The molecule has 6 heteroatoms. The van der Waals surface area contributed by atoms with Gasteiger partial charge in [-0.1, -0.05) is 12.1 Å². The van der Waals surface area contributed by atoms with Crippen molar-refractivity contribution in [1.82, 2.24) is 4.90 Å². The highest BCUT2D eigenvalue weighted by Crippen LogP contribution is 2.55. The molecule has 2 saturated heterocycles. The van der Waals surface area contributed by atoms with Crippen LogP contribution in [0, 0.1) is 11.8 Å². The molecular formula is C21H30N2O4. The van der Waals surface area contributed by atoms with Gasteiger partial charge >= 0.3 is 0 Å². The molecule has 0 radical (unpaired) electrons. The second kappa shape index (κ2) is 6.67. The quantitative estimate of drug-likeness (QED) is 0.861. The highest BCUT2D eigenvalue weighted by Gasteiger charge is 2.52. The molecule has 1 aromatic rings. The van der Waals surface area contributed by atoms with Crippen molar-refractivity contribution in [2.75, 3.05) is 20.2 Å². The maximum atomic E-state index is 12.3. The van der Waals surface area contributed by atoms with Crippen molar-refractivity contribution in [1.29, 1.82) is 0 Å². The number of nitrogens with two attached hydrogens (primary N) is 1. The van der Waals surface area contributed by atoms with Crippen molar-refractivity contribution >= 4 is 5.91 Å². The van der Waals surface area contributed by atoms with Crippen molar-refractivity contribution in [3.63, 3.8) is 0 Å². The highest BCUT2D eigenvalue weighted by molar-refractivity contribution is 5.81. The molecule has 3 aliphatic rings. The Kier molecular flexibility index (Phi) is 4.59. The van der Waals surface area contributed by atoms with Crippen LogP contribution in [0.1, 0.15) is 45.3 Å². The first kappa shape index (κ1) is 18.6. The lowest BCUT2D eigenvalue weighted by Crippen LogP contribution is -2.57. The number of hydrogen-bond acceptors (Lipinski definition) is 5. The monoisotopic (exact) mass is 374 g/mol. The minimum atomic E-state index is -0.451. The largest absolute Gasteiger partial charge is 0.493 e. The molecule has 0 bridgehead atoms. The van der Waals surface area contributed by atoms with Crippen LogP contribution in [0.25, 0.3) is 0 Å². The summed E-state index contributed by atoms with van der Waals surface area (Å²) < 4.78 is 18.6. The van der Waals surface area contributed by atoms with Gasteiger partial charge in [0.25, 0.3) is 0 Å². The Hall–Kier alpha value is -1.79. The number of rotatable bonds is 2. The Morgan fingerprint density at radius 3 is 2.89 bits per heavy atom. The number of likely N-dealkylation sites (tertiary alicyclic amines) is 1. The van der Waals surface area contributed by atoms with Crippen molar-refractivity contribution in [2.24, 2.45) is 17.6 Å². The number of methoxy groups -OCH3 is 1. The lowest BCUT2D eigenvalue weighted by atomic mass is 9.70. The third-order valence-corrected chi connectivity index (χ3v) is 6.40. The molecule has 4 rings (SSSR count). The van der Waals surface area contributed by atoms with Gasteiger partial charge in [-0.05, 0) is 39.7 Å². The average Bonchev–Trinajstić information content (AvgIpc) is 2.65. The van der Waals surface area contributed by atoms with E-state index >= 15 is 0 Å². The Balaban J connectivity index is 1.61. The molecule has 3 aliphatic heterocycles. The standard InChI is InChI=1S/C21H30N2O4/c1-12(22)20(24)23-9-8-16-13(11-23)10-15-18(26-16)14-6-5-7-17(25-4)19(14)27-21(15,2)3/h5-7,12-13,15-16,18H,8-11,22H2,1-4H3/t12-,13+,15-,16-,18+/m1/s1. The predicted molar refractivity (Wildman–Crippen MR) is 102 cm³/mol. The van der Waals surface area contributed by atoms with Crippen LogP contribution in [0.3, 0.4) is 0 Å². The number of piperidine rings is 1. The van der Waals surface area contributed by atoms with Crippen molar-refractivity contribution in [3.05, 3.63) is 23.8 Å². The molecule has 27 heavy (non-hydrogen) atoms. The van der Waals surface area contributed by atoms with Crippen LogP contribution in [0.4, 0.5) is 0 Å². The molecule has 0 spiro atoms. The Morgan fingerprint density at radius 2 is 2.19 bits per heavy atom. The topological polar surface area (TPSA) is 74.0 Å². The van der Waals surface area contributed by atoms with Crippen LogP contribution in [0.15, 0.2) is 18.2 Å². The zero-order chi connectivity index (χ0) is 19.3. The molecule has 2 fully saturated rings. The molecule has 2 N–H and O–H groups in total. The maximum Gasteiger partial charge on any atom is 0.239 e. The van der Waals surface area contributed by atoms with E-state index in [4.69, 9.17) is 19.9 Å². The summed E-state index contributed by atoms with van der Waals surface area (Å²) in [4.78, 5) is 14.2. The van der Waals surface area contributed by atoms with E-state index < -0.39 is 6.04 Å². The Bertz CT molecular complexity index is 733. The maximum absolute atomic E-state index is 12.3. The minimum Gasteiger partial charge on any atom is -0.493 e. The van der Waals surface area contributed by atoms with Crippen LogP contribution >= 0.6 is 0 Å². The molecule has 6 nitrogen and oxygen atoms in total. The number of benzene rings is 1. The number of nitrogens with zero attached hydrogens (tertiary/aromatic N) is 1. The zero-order valence-electron chi connectivity index (χ0n) is 16.6. The van der Waals surface area contributed by atoms with E-state index in [1.54, 1.807) is 14.0 Å². The number of ether oxygens (including phenoxy) is 3. The van der Waals surface area contributed by atoms with Crippen LogP contribution < -0.4 is 15.2 Å². The summed E-state index contributed by atoms with van der Waals surface area (Å²) in [6, 6.07) is 5.56. The molecule has 3 heterocycles. The van der Waals surface area contributed by atoms with Gasteiger partial charge in [0.05, 0.1) is 25.4 Å². The van der Waals surface area contributed by atoms with E-state index in [0.29, 0.717) is 12.5 Å². The number of fused-ring (bicyclic) bond motifs is 4. The predicted octanol–water partition coefficient (Wildman–Crippen LogP) is 2.51. The third-order valence-electron chi connectivity index (χ3n) is 6.40. The van der Waals surface area contributed by atoms with Gasteiger partial charge in [0.1, 0.15) is 5.60 Å². The van der Waals surface area contributed by atoms with Crippen LogP contribution in [0.2, 0.25) is 0 Å². The Morgan fingerprint density at radius 1 is 1.41 bits per heavy atom. The molecule has 1 aromatic carbocycles. The first-order chi connectivity index (χ1) is 12.8. The Labute approximate surface area is 160 Å². The van der Waals surface area contributed by atoms with Crippen molar-refractivity contribution in [2.45, 2.75) is 57.5 Å². The van der Waals surface area contributed by atoms with E-state index in [9.17, 15) is 4.79 Å². The smallest absolute Gasteiger partial charge is 0.239 e. The van der Waals surface area contributed by atoms with Crippen LogP contribution in [0.5, 0.6) is 11.5 Å². The summed E-state index contributed by atoms with van der Waals surface area (Å²) in [6.07, 6.45) is 1.99. The van der Waals surface area contributed by atoms with Gasteiger partial charge in [0.2, 0.25) is 5.91 Å². The fourth-order valence-corrected chi connectivity index (χ4v) is 4.94. The molecule has 5 atom stereocenters. The summed E-state index contributed by atoms with van der Waals surface area (Å²) in [5.74, 6) is 2.13. The van der Waals surface area contributed by atoms with Gasteiger partial charge in [0.15, 0.2) is 11.5 Å². The number of amides is 1. The molecular weight excluding hydrogens is 344 g/mol. The molecule has 0 saturated carbocycles. The second-order valence-corrected chi connectivity index (χ2v) is 8.64. The van der Waals surface area contributed by atoms with Gasteiger partial charge in [-0.2, -0.15) is 0 Å². The van der Waals surface area contributed by atoms with E-state index in [-0.39, 0.29) is 29.6 Å². The highest BCUT2D eigenvalue weighted by atomic mass is 16.5. The fourth-order valence-electron chi connectivity index (χ4n) is 4.94. The average molecular weight is 374 g/mol. The number of carbonyl (C=O) groups excluding carboxylic acids is 1. The van der Waals surface area contributed by atoms with Crippen molar-refractivity contribution in [3.8, 4) is 11.5 Å². The fraction of sp³-hybridized carbons (Fsp3) is 0.667. The second-order valence-electron chi connectivity index (χ2n) is 8.64. The first-order valence-corrected chi connectivity index (χ1v) is 9.87. The number of carbonyl (C=O) groups is 1. The lowest BCUT2D eigenvalue weighted by Gasteiger charge is -2.53. The lowest BCUT2D eigenvalue weighted by molar-refractivity contribution is -0.189. The van der Waals surface area contributed by atoms with Crippen LogP contribution in [-0.4, -0.2) is 48.8 Å². The molecule has 0 aliphatic carbocycles. The van der Waals surface area contributed by atoms with Gasteiger partial charge in [0, 0.05) is 30.5 Å². The molecule has 1 amide bonds. The summed E-state index contributed by atoms with van der Waals surface area (Å²) in [7, 11) is 1.67. The summed E-state index contributed by atoms with van der Waals surface area (Å²) in [5, 5.41) is 0. The number of para-hydroxylation sites is 1. The van der Waals surface area contributed by atoms with Gasteiger partial charge in [-0.15, -0.1) is 0 Å². The molecule has 0 aromatic heterocycles. The number of hydrogen-bond donors (Lipinski definition) is 1. The summed E-state index contributed by atoms with van der Waals surface area (Å²) >= 11 is 0. The van der Waals surface area contributed by atoms with Crippen LogP contribution in [-0.2, 0) is 9.53 Å². The van der Waals surface area contributed by atoms with E-state index in [0.717, 1.165) is 36.4 Å². The third kappa shape index (κ3) is 3.09. The summed E-state index contributed by atoms with van der Waals surface area (Å²) in [5.41, 5.74) is 6.52. The normalized spacial score (nSPS) is 32.4. The van der Waals surface area contributed by atoms with Crippen molar-refractivity contribution < 1.29 is 19.0 Å². The first-order valence-electron chi connectivity index (χ1n) is 9.87. The zero-order valence-corrected chi connectivity index (χ0v) is 16.6. The minimum absolute atomic E-state index is 0.00390. The SMILES string of the molecule is COc1cccc2c1OC(C)(C)[C@@H]1C[C@H]3CN(C(=O)[C@@H](C)N)CC[C@H]3O[C@@H]21. The summed E-state index contributed by atoms with van der Waals surface area (Å²) in [6.45, 7) is 7.43. The molecule has 148 valence electrons. The van der Waals surface area contributed by atoms with Gasteiger partial charge in [-0.25, -0.2) is 0 Å². The van der Waals surface area contributed by atoms with Gasteiger partial charge < -0.3 is 24.8 Å². The van der Waals surface area contributed by atoms with Gasteiger partial charge in [-0.3, -0.25) is 4.79 Å². The van der Waals surface area contributed by atoms with E-state index in [1.807, 2.05) is 17.0 Å².